The predicted molar refractivity (Wildman–Crippen MR) is 70.1 cm³/mol. The highest BCUT2D eigenvalue weighted by atomic mass is 16.6. The van der Waals surface area contributed by atoms with Crippen molar-refractivity contribution in [1.82, 2.24) is 4.98 Å². The van der Waals surface area contributed by atoms with Crippen molar-refractivity contribution in [3.8, 4) is 0 Å². The second-order valence-corrected chi connectivity index (χ2v) is 4.25. The summed E-state index contributed by atoms with van der Waals surface area (Å²) in [6, 6.07) is 4.49. The molecule has 1 atom stereocenters. The van der Waals surface area contributed by atoms with Crippen LogP contribution in [0.4, 0.5) is 11.7 Å². The molecule has 1 unspecified atom stereocenters. The standard InChI is InChI=1S/C12H15N3O4/c1-2-3-9(16)7-13-12-14-10-5-4-8(15(17)18)6-11(10)19-12/h4-6,9,16H,2-3,7H2,1H3,(H,13,14). The molecule has 1 aromatic carbocycles. The third kappa shape index (κ3) is 3.19. The molecule has 0 saturated carbocycles. The van der Waals surface area contributed by atoms with E-state index in [1.54, 1.807) is 0 Å². The van der Waals surface area contributed by atoms with E-state index in [9.17, 15) is 15.2 Å². The molecule has 0 radical (unpaired) electrons. The van der Waals surface area contributed by atoms with Gasteiger partial charge in [-0.15, -0.1) is 0 Å². The summed E-state index contributed by atoms with van der Waals surface area (Å²) in [5.74, 6) is 0. The number of nitro groups is 1. The Bertz CT molecular complexity index is 581. The zero-order valence-electron chi connectivity index (χ0n) is 10.5. The molecule has 7 nitrogen and oxygen atoms in total. The van der Waals surface area contributed by atoms with E-state index in [-0.39, 0.29) is 11.7 Å². The molecule has 2 rings (SSSR count). The van der Waals surface area contributed by atoms with Crippen molar-refractivity contribution < 1.29 is 14.4 Å². The summed E-state index contributed by atoms with van der Waals surface area (Å²) in [4.78, 5) is 14.3. The Morgan fingerprint density at radius 2 is 2.37 bits per heavy atom. The Kier molecular flexibility index (Phi) is 3.96. The number of hydrogen-bond donors (Lipinski definition) is 2. The third-order valence-corrected chi connectivity index (χ3v) is 2.69. The third-order valence-electron chi connectivity index (χ3n) is 2.69. The van der Waals surface area contributed by atoms with E-state index >= 15 is 0 Å². The van der Waals surface area contributed by atoms with Gasteiger partial charge in [0.1, 0.15) is 5.52 Å². The number of aliphatic hydroxyl groups excluding tert-OH is 1. The van der Waals surface area contributed by atoms with Crippen molar-refractivity contribution in [1.29, 1.82) is 0 Å². The van der Waals surface area contributed by atoms with Crippen molar-refractivity contribution in [2.45, 2.75) is 25.9 Å². The zero-order chi connectivity index (χ0) is 13.8. The van der Waals surface area contributed by atoms with E-state index in [1.807, 2.05) is 6.92 Å². The zero-order valence-corrected chi connectivity index (χ0v) is 10.5. The number of anilines is 1. The van der Waals surface area contributed by atoms with Crippen molar-refractivity contribution in [3.63, 3.8) is 0 Å². The van der Waals surface area contributed by atoms with Crippen molar-refractivity contribution in [3.05, 3.63) is 28.3 Å². The van der Waals surface area contributed by atoms with Gasteiger partial charge in [0, 0.05) is 12.6 Å². The average Bonchev–Trinajstić information content (AvgIpc) is 2.78. The first-order valence-electron chi connectivity index (χ1n) is 6.07. The molecular formula is C12H15N3O4. The Labute approximate surface area is 109 Å². The molecule has 2 aromatic rings. The molecule has 0 aliphatic rings. The van der Waals surface area contributed by atoms with Gasteiger partial charge < -0.3 is 14.8 Å². The molecule has 0 saturated heterocycles. The molecule has 19 heavy (non-hydrogen) atoms. The van der Waals surface area contributed by atoms with E-state index < -0.39 is 11.0 Å². The molecule has 0 amide bonds. The van der Waals surface area contributed by atoms with Crippen LogP contribution in [0.25, 0.3) is 11.1 Å². The second-order valence-electron chi connectivity index (χ2n) is 4.25. The second kappa shape index (κ2) is 5.66. The first-order valence-corrected chi connectivity index (χ1v) is 6.07. The summed E-state index contributed by atoms with van der Waals surface area (Å²) >= 11 is 0. The lowest BCUT2D eigenvalue weighted by Crippen LogP contribution is -2.19. The van der Waals surface area contributed by atoms with E-state index in [0.29, 0.717) is 24.1 Å². The molecule has 0 aliphatic carbocycles. The quantitative estimate of drug-likeness (QED) is 0.613. The number of non-ortho nitro benzene ring substituents is 1. The number of nitro benzene ring substituents is 1. The van der Waals surface area contributed by atoms with Crippen LogP contribution in [0.1, 0.15) is 19.8 Å². The van der Waals surface area contributed by atoms with Crippen LogP contribution in [0.2, 0.25) is 0 Å². The average molecular weight is 265 g/mol. The molecule has 0 aliphatic heterocycles. The number of hydrogen-bond acceptors (Lipinski definition) is 6. The Morgan fingerprint density at radius 3 is 3.05 bits per heavy atom. The van der Waals surface area contributed by atoms with E-state index in [4.69, 9.17) is 4.42 Å². The fraction of sp³-hybridized carbons (Fsp3) is 0.417. The number of oxazole rings is 1. The van der Waals surface area contributed by atoms with Gasteiger partial charge in [-0.25, -0.2) is 0 Å². The minimum atomic E-state index is -0.486. The van der Waals surface area contributed by atoms with Crippen molar-refractivity contribution in [2.24, 2.45) is 0 Å². The van der Waals surface area contributed by atoms with Crippen LogP contribution in [0.15, 0.2) is 22.6 Å². The molecule has 1 aromatic heterocycles. The summed E-state index contributed by atoms with van der Waals surface area (Å²) < 4.78 is 5.35. The molecule has 0 fully saturated rings. The number of aromatic nitrogens is 1. The summed E-state index contributed by atoms with van der Waals surface area (Å²) in [6.07, 6.45) is 1.12. The minimum Gasteiger partial charge on any atom is -0.423 e. The van der Waals surface area contributed by atoms with Gasteiger partial charge >= 0.3 is 0 Å². The van der Waals surface area contributed by atoms with Gasteiger partial charge in [-0.1, -0.05) is 13.3 Å². The van der Waals surface area contributed by atoms with Crippen molar-refractivity contribution in [2.75, 3.05) is 11.9 Å². The molecule has 2 N–H and O–H groups in total. The number of fused-ring (bicyclic) bond motifs is 1. The van der Waals surface area contributed by atoms with Crippen molar-refractivity contribution >= 4 is 22.8 Å². The summed E-state index contributed by atoms with van der Waals surface area (Å²) in [5, 5.41) is 23.1. The van der Waals surface area contributed by atoms with Gasteiger partial charge in [-0.3, -0.25) is 10.1 Å². The highest BCUT2D eigenvalue weighted by Crippen LogP contribution is 2.23. The topological polar surface area (TPSA) is 101 Å². The maximum Gasteiger partial charge on any atom is 0.295 e. The van der Waals surface area contributed by atoms with Crippen LogP contribution in [0.5, 0.6) is 0 Å². The molecule has 102 valence electrons. The molecule has 7 heteroatoms. The summed E-state index contributed by atoms with van der Waals surface area (Å²) in [5.41, 5.74) is 0.848. The maximum atomic E-state index is 10.6. The lowest BCUT2D eigenvalue weighted by Gasteiger charge is -2.08. The number of rotatable bonds is 6. The Hall–Kier alpha value is -2.15. The van der Waals surface area contributed by atoms with Gasteiger partial charge in [0.25, 0.3) is 11.7 Å². The number of aliphatic hydroxyl groups is 1. The summed E-state index contributed by atoms with van der Waals surface area (Å²) in [7, 11) is 0. The van der Waals surface area contributed by atoms with Crippen LogP contribution >= 0.6 is 0 Å². The lowest BCUT2D eigenvalue weighted by molar-refractivity contribution is -0.384. The predicted octanol–water partition coefficient (Wildman–Crippen LogP) is 2.31. The minimum absolute atomic E-state index is 0.0405. The maximum absolute atomic E-state index is 10.6. The first kappa shape index (κ1) is 13.3. The van der Waals surface area contributed by atoms with Gasteiger partial charge in [0.05, 0.1) is 17.1 Å². The van der Waals surface area contributed by atoms with E-state index in [2.05, 4.69) is 10.3 Å². The first-order chi connectivity index (χ1) is 9.10. The molecular weight excluding hydrogens is 250 g/mol. The lowest BCUT2D eigenvalue weighted by atomic mass is 10.2. The van der Waals surface area contributed by atoms with Gasteiger partial charge in [0.2, 0.25) is 0 Å². The van der Waals surface area contributed by atoms with E-state index in [1.165, 1.54) is 18.2 Å². The van der Waals surface area contributed by atoms with Crippen LogP contribution in [-0.4, -0.2) is 27.7 Å². The molecule has 0 spiro atoms. The molecule has 1 heterocycles. The smallest absolute Gasteiger partial charge is 0.295 e. The molecule has 0 bridgehead atoms. The van der Waals surface area contributed by atoms with Gasteiger partial charge in [0.15, 0.2) is 5.58 Å². The van der Waals surface area contributed by atoms with Crippen LogP contribution in [0, 0.1) is 10.1 Å². The number of benzene rings is 1. The highest BCUT2D eigenvalue weighted by Gasteiger charge is 2.12. The number of nitrogens with one attached hydrogen (secondary N) is 1. The van der Waals surface area contributed by atoms with Crippen LogP contribution < -0.4 is 5.32 Å². The monoisotopic (exact) mass is 265 g/mol. The van der Waals surface area contributed by atoms with Crippen LogP contribution in [0.3, 0.4) is 0 Å². The normalized spacial score (nSPS) is 12.5. The SMILES string of the molecule is CCCC(O)CNc1nc2ccc([N+](=O)[O-])cc2o1. The summed E-state index contributed by atoms with van der Waals surface area (Å²) in [6.45, 7) is 2.32. The largest absolute Gasteiger partial charge is 0.423 e. The Balaban J connectivity index is 2.11. The Morgan fingerprint density at radius 1 is 1.58 bits per heavy atom. The van der Waals surface area contributed by atoms with Gasteiger partial charge in [-0.2, -0.15) is 4.98 Å². The fourth-order valence-corrected chi connectivity index (χ4v) is 1.74. The number of nitrogens with zero attached hydrogens (tertiary/aromatic N) is 2. The van der Waals surface area contributed by atoms with Crippen LogP contribution in [-0.2, 0) is 0 Å². The fourth-order valence-electron chi connectivity index (χ4n) is 1.74. The van der Waals surface area contributed by atoms with E-state index in [0.717, 1.165) is 6.42 Å². The van der Waals surface area contributed by atoms with Gasteiger partial charge in [-0.05, 0) is 12.5 Å². The highest BCUT2D eigenvalue weighted by molar-refractivity contribution is 5.77.